The van der Waals surface area contributed by atoms with Gasteiger partial charge in [0.15, 0.2) is 5.76 Å². The van der Waals surface area contributed by atoms with Crippen molar-refractivity contribution in [2.75, 3.05) is 7.11 Å². The molecule has 7 nitrogen and oxygen atoms in total. The molecule has 3 rings (SSSR count). The lowest BCUT2D eigenvalue weighted by atomic mass is 10.2. The van der Waals surface area contributed by atoms with Crippen molar-refractivity contribution in [3.05, 3.63) is 70.7 Å². The molecule has 0 fully saturated rings. The average molecular weight is 367 g/mol. The van der Waals surface area contributed by atoms with Gasteiger partial charge in [0.05, 0.1) is 13.4 Å². The maximum absolute atomic E-state index is 12.1. The second kappa shape index (κ2) is 8.84. The molecule has 0 unspecified atom stereocenters. The summed E-state index contributed by atoms with van der Waals surface area (Å²) < 4.78 is 11.9. The molecule has 2 heterocycles. The molecule has 2 aromatic heterocycles. The molecular weight excluding hydrogens is 346 g/mol. The molecule has 0 spiro atoms. The van der Waals surface area contributed by atoms with Gasteiger partial charge in [-0.3, -0.25) is 9.59 Å². The van der Waals surface area contributed by atoms with Crippen LogP contribution in [-0.4, -0.2) is 22.8 Å². The molecule has 0 aliphatic carbocycles. The fourth-order valence-electron chi connectivity index (χ4n) is 2.69. The van der Waals surface area contributed by atoms with E-state index in [1.54, 1.807) is 31.6 Å². The number of para-hydroxylation sites is 1. The number of carbonyl (C=O) groups excluding carboxylic acids is 1. The van der Waals surface area contributed by atoms with E-state index in [9.17, 15) is 9.59 Å². The van der Waals surface area contributed by atoms with Crippen LogP contribution >= 0.6 is 0 Å². The fourth-order valence-corrected chi connectivity index (χ4v) is 2.69. The van der Waals surface area contributed by atoms with Crippen LogP contribution in [0.4, 0.5) is 0 Å². The van der Waals surface area contributed by atoms with Crippen LogP contribution < -0.4 is 15.6 Å². The largest absolute Gasteiger partial charge is 0.496 e. The molecule has 0 aliphatic rings. The smallest absolute Gasteiger partial charge is 0.266 e. The number of hydrogen-bond donors (Lipinski definition) is 1. The number of ether oxygens (including phenoxy) is 1. The Labute approximate surface area is 156 Å². The normalized spacial score (nSPS) is 10.6. The van der Waals surface area contributed by atoms with E-state index >= 15 is 0 Å². The zero-order chi connectivity index (χ0) is 19.1. The number of carbonyl (C=O) groups is 1. The van der Waals surface area contributed by atoms with Crippen LogP contribution in [0.5, 0.6) is 5.75 Å². The summed E-state index contributed by atoms with van der Waals surface area (Å²) in [6.07, 6.45) is 2.36. The predicted molar refractivity (Wildman–Crippen MR) is 100 cm³/mol. The van der Waals surface area contributed by atoms with Crippen molar-refractivity contribution in [1.29, 1.82) is 0 Å². The van der Waals surface area contributed by atoms with Gasteiger partial charge >= 0.3 is 0 Å². The monoisotopic (exact) mass is 367 g/mol. The SMILES string of the molecule is COc1ccccc1CNC(=O)CCCn1nc(-c2ccco2)ccc1=O. The highest BCUT2D eigenvalue weighted by Gasteiger charge is 2.08. The maximum Gasteiger partial charge on any atom is 0.266 e. The number of rotatable bonds is 8. The lowest BCUT2D eigenvalue weighted by Crippen LogP contribution is -2.25. The maximum atomic E-state index is 12.1. The van der Waals surface area contributed by atoms with Crippen LogP contribution in [0.25, 0.3) is 11.5 Å². The van der Waals surface area contributed by atoms with Gasteiger partial charge in [0.25, 0.3) is 5.56 Å². The molecule has 0 saturated heterocycles. The van der Waals surface area contributed by atoms with E-state index in [4.69, 9.17) is 9.15 Å². The third-order valence-corrected chi connectivity index (χ3v) is 4.08. The number of benzene rings is 1. The molecule has 1 amide bonds. The third-order valence-electron chi connectivity index (χ3n) is 4.08. The number of nitrogens with zero attached hydrogens (tertiary/aromatic N) is 2. The quantitative estimate of drug-likeness (QED) is 0.661. The van der Waals surface area contributed by atoms with Crippen molar-refractivity contribution < 1.29 is 13.9 Å². The summed E-state index contributed by atoms with van der Waals surface area (Å²) >= 11 is 0. The summed E-state index contributed by atoms with van der Waals surface area (Å²) in [6.45, 7) is 0.754. The molecule has 3 aromatic rings. The Morgan fingerprint density at radius 3 is 2.81 bits per heavy atom. The Hall–Kier alpha value is -3.35. The molecule has 140 valence electrons. The molecule has 0 atom stereocenters. The van der Waals surface area contributed by atoms with Gasteiger partial charge in [0.1, 0.15) is 11.4 Å². The Morgan fingerprint density at radius 1 is 1.19 bits per heavy atom. The van der Waals surface area contributed by atoms with Crippen molar-refractivity contribution in [3.63, 3.8) is 0 Å². The van der Waals surface area contributed by atoms with Crippen LogP contribution in [0.2, 0.25) is 0 Å². The highest BCUT2D eigenvalue weighted by Crippen LogP contribution is 2.17. The van der Waals surface area contributed by atoms with E-state index in [1.807, 2.05) is 24.3 Å². The molecular formula is C20H21N3O4. The Kier molecular flexibility index (Phi) is 6.04. The average Bonchev–Trinajstić information content (AvgIpc) is 3.23. The summed E-state index contributed by atoms with van der Waals surface area (Å²) in [4.78, 5) is 24.0. The number of nitrogens with one attached hydrogen (secondary N) is 1. The van der Waals surface area contributed by atoms with E-state index in [2.05, 4.69) is 10.4 Å². The summed E-state index contributed by atoms with van der Waals surface area (Å²) in [6, 6.07) is 14.2. The molecule has 7 heteroatoms. The lowest BCUT2D eigenvalue weighted by molar-refractivity contribution is -0.121. The highest BCUT2D eigenvalue weighted by atomic mass is 16.5. The number of aromatic nitrogens is 2. The van der Waals surface area contributed by atoms with Crippen LogP contribution in [0.15, 0.2) is 64.0 Å². The Balaban J connectivity index is 1.51. The van der Waals surface area contributed by atoms with Gasteiger partial charge in [-0.05, 0) is 30.7 Å². The van der Waals surface area contributed by atoms with E-state index in [0.717, 1.165) is 11.3 Å². The second-order valence-corrected chi connectivity index (χ2v) is 5.95. The molecule has 27 heavy (non-hydrogen) atoms. The minimum Gasteiger partial charge on any atom is -0.496 e. The number of hydrogen-bond acceptors (Lipinski definition) is 5. The van der Waals surface area contributed by atoms with Crippen molar-refractivity contribution in [2.45, 2.75) is 25.9 Å². The first-order chi connectivity index (χ1) is 13.2. The lowest BCUT2D eigenvalue weighted by Gasteiger charge is -2.10. The van der Waals surface area contributed by atoms with Gasteiger partial charge in [0, 0.05) is 31.1 Å². The van der Waals surface area contributed by atoms with E-state index in [-0.39, 0.29) is 11.5 Å². The fraction of sp³-hybridized carbons (Fsp3) is 0.250. The molecule has 0 radical (unpaired) electrons. The van der Waals surface area contributed by atoms with Crippen LogP contribution in [-0.2, 0) is 17.9 Å². The molecule has 1 aromatic carbocycles. The summed E-state index contributed by atoms with van der Waals surface area (Å²) in [5, 5.41) is 7.16. The number of amides is 1. The van der Waals surface area contributed by atoms with E-state index < -0.39 is 0 Å². The van der Waals surface area contributed by atoms with Crippen molar-refractivity contribution >= 4 is 5.91 Å². The Bertz CT molecular complexity index is 948. The number of furan rings is 1. The first-order valence-corrected chi connectivity index (χ1v) is 8.68. The van der Waals surface area contributed by atoms with E-state index in [1.165, 1.54) is 10.7 Å². The Morgan fingerprint density at radius 2 is 2.04 bits per heavy atom. The zero-order valence-electron chi connectivity index (χ0n) is 15.1. The summed E-state index contributed by atoms with van der Waals surface area (Å²) in [5.74, 6) is 1.25. The van der Waals surface area contributed by atoms with Gasteiger partial charge in [-0.15, -0.1) is 0 Å². The standard InChI is InChI=1S/C20H21N3O4/c1-26-17-7-3-2-6-15(17)14-21-19(24)9-4-12-23-20(25)11-10-16(22-23)18-8-5-13-27-18/h2-3,5-8,10-11,13H,4,9,12,14H2,1H3,(H,21,24). The summed E-state index contributed by atoms with van der Waals surface area (Å²) in [7, 11) is 1.60. The van der Waals surface area contributed by atoms with Crippen molar-refractivity contribution in [2.24, 2.45) is 0 Å². The first-order valence-electron chi connectivity index (χ1n) is 8.68. The topological polar surface area (TPSA) is 86.4 Å². The predicted octanol–water partition coefficient (Wildman–Crippen LogP) is 2.61. The van der Waals surface area contributed by atoms with E-state index in [0.29, 0.717) is 37.4 Å². The van der Waals surface area contributed by atoms with Crippen LogP contribution in [0.3, 0.4) is 0 Å². The zero-order valence-corrected chi connectivity index (χ0v) is 15.1. The second-order valence-electron chi connectivity index (χ2n) is 5.95. The van der Waals surface area contributed by atoms with Crippen molar-refractivity contribution in [3.8, 4) is 17.2 Å². The molecule has 0 bridgehead atoms. The molecule has 0 saturated carbocycles. The van der Waals surface area contributed by atoms with Gasteiger partial charge in [-0.1, -0.05) is 18.2 Å². The van der Waals surface area contributed by atoms with Crippen LogP contribution in [0.1, 0.15) is 18.4 Å². The van der Waals surface area contributed by atoms with Crippen molar-refractivity contribution in [1.82, 2.24) is 15.1 Å². The van der Waals surface area contributed by atoms with Gasteiger partial charge < -0.3 is 14.5 Å². The number of aryl methyl sites for hydroxylation is 1. The minimum atomic E-state index is -0.209. The van der Waals surface area contributed by atoms with Gasteiger partial charge in [-0.25, -0.2) is 4.68 Å². The highest BCUT2D eigenvalue weighted by molar-refractivity contribution is 5.75. The number of methoxy groups -OCH3 is 1. The first kappa shape index (κ1) is 18.4. The third kappa shape index (κ3) is 4.84. The summed E-state index contributed by atoms with van der Waals surface area (Å²) in [5.41, 5.74) is 1.29. The molecule has 0 aliphatic heterocycles. The molecule has 1 N–H and O–H groups in total. The van der Waals surface area contributed by atoms with Gasteiger partial charge in [-0.2, -0.15) is 5.10 Å². The van der Waals surface area contributed by atoms with Crippen LogP contribution in [0, 0.1) is 0 Å². The van der Waals surface area contributed by atoms with Gasteiger partial charge in [0.2, 0.25) is 5.91 Å². The minimum absolute atomic E-state index is 0.0869.